The Kier molecular flexibility index (Phi) is 5.04. The maximum absolute atomic E-state index is 12.7. The normalized spacial score (nSPS) is 26.3. The summed E-state index contributed by atoms with van der Waals surface area (Å²) in [5, 5.41) is 3.01. The van der Waals surface area contributed by atoms with Gasteiger partial charge in [-0.05, 0) is 49.9 Å². The van der Waals surface area contributed by atoms with Gasteiger partial charge in [0.15, 0.2) is 0 Å². The van der Waals surface area contributed by atoms with Crippen LogP contribution in [0.2, 0.25) is 0 Å². The minimum atomic E-state index is -0.112. The Bertz CT molecular complexity index is 747. The van der Waals surface area contributed by atoms with Crippen LogP contribution in [-0.2, 0) is 16.1 Å². The van der Waals surface area contributed by atoms with Crippen LogP contribution in [0, 0.1) is 18.8 Å². The van der Waals surface area contributed by atoms with Gasteiger partial charge in [0, 0.05) is 19.3 Å². The van der Waals surface area contributed by atoms with E-state index in [0.717, 1.165) is 49.6 Å². The van der Waals surface area contributed by atoms with E-state index < -0.39 is 0 Å². The number of nitrogens with one attached hydrogen (secondary N) is 1. The van der Waals surface area contributed by atoms with E-state index in [0.29, 0.717) is 12.5 Å². The van der Waals surface area contributed by atoms with Gasteiger partial charge in [-0.2, -0.15) is 0 Å². The topological polar surface area (TPSA) is 67.6 Å². The third kappa shape index (κ3) is 3.81. The smallest absolute Gasteiger partial charge is 0.229 e. The highest BCUT2D eigenvalue weighted by Gasteiger charge is 2.38. The minimum Gasteiger partial charge on any atom is -0.468 e. The Labute approximate surface area is 153 Å². The highest BCUT2D eigenvalue weighted by molar-refractivity contribution is 5.93. The van der Waals surface area contributed by atoms with E-state index in [9.17, 15) is 4.79 Å². The first-order valence-corrected chi connectivity index (χ1v) is 9.28. The van der Waals surface area contributed by atoms with E-state index in [1.807, 2.05) is 31.2 Å². The summed E-state index contributed by atoms with van der Waals surface area (Å²) in [5.74, 6) is 1.29. The van der Waals surface area contributed by atoms with E-state index in [1.165, 1.54) is 0 Å². The van der Waals surface area contributed by atoms with Crippen molar-refractivity contribution in [3.05, 3.63) is 48.2 Å². The molecule has 0 radical (unpaired) electrons. The summed E-state index contributed by atoms with van der Waals surface area (Å²) in [6.07, 6.45) is 5.60. The van der Waals surface area contributed by atoms with Gasteiger partial charge in [0.1, 0.15) is 5.76 Å². The fourth-order valence-electron chi connectivity index (χ4n) is 4.01. The Morgan fingerprint density at radius 1 is 1.38 bits per heavy atom. The average molecular weight is 355 g/mol. The predicted octanol–water partition coefficient (Wildman–Crippen LogP) is 2.85. The van der Waals surface area contributed by atoms with Gasteiger partial charge in [0.05, 0.1) is 42.8 Å². The molecule has 2 aromatic rings. The van der Waals surface area contributed by atoms with Crippen molar-refractivity contribution in [3.63, 3.8) is 0 Å². The van der Waals surface area contributed by atoms with E-state index in [4.69, 9.17) is 9.15 Å². The number of anilines is 1. The number of amides is 1. The van der Waals surface area contributed by atoms with Crippen molar-refractivity contribution in [2.75, 3.05) is 25.0 Å². The van der Waals surface area contributed by atoms with E-state index in [1.54, 1.807) is 12.5 Å². The van der Waals surface area contributed by atoms with Gasteiger partial charge in [-0.3, -0.25) is 14.7 Å². The zero-order valence-electron chi connectivity index (χ0n) is 15.1. The number of aromatic nitrogens is 1. The zero-order valence-corrected chi connectivity index (χ0v) is 15.1. The molecule has 6 heteroatoms. The number of piperidine rings is 1. The summed E-state index contributed by atoms with van der Waals surface area (Å²) in [4.78, 5) is 19.3. The molecular formula is C20H25N3O3. The summed E-state index contributed by atoms with van der Waals surface area (Å²) in [7, 11) is 0. The summed E-state index contributed by atoms with van der Waals surface area (Å²) >= 11 is 0. The predicted molar refractivity (Wildman–Crippen MR) is 97.5 cm³/mol. The summed E-state index contributed by atoms with van der Waals surface area (Å²) in [5.41, 5.74) is 1.61. The minimum absolute atomic E-state index is 0.0303. The van der Waals surface area contributed by atoms with Crippen molar-refractivity contribution in [3.8, 4) is 0 Å². The fourth-order valence-corrected chi connectivity index (χ4v) is 4.01. The van der Waals surface area contributed by atoms with Crippen molar-refractivity contribution in [1.82, 2.24) is 9.88 Å². The largest absolute Gasteiger partial charge is 0.468 e. The molecule has 0 saturated carbocycles. The van der Waals surface area contributed by atoms with Crippen LogP contribution in [0.1, 0.15) is 24.3 Å². The Morgan fingerprint density at radius 2 is 2.31 bits per heavy atom. The first kappa shape index (κ1) is 17.2. The lowest BCUT2D eigenvalue weighted by Gasteiger charge is -2.42. The first-order valence-electron chi connectivity index (χ1n) is 9.28. The number of aryl methyl sites for hydroxylation is 1. The van der Waals surface area contributed by atoms with Crippen molar-refractivity contribution >= 4 is 11.6 Å². The number of hydrogen-bond acceptors (Lipinski definition) is 5. The number of rotatable bonds is 4. The molecule has 6 nitrogen and oxygen atoms in total. The molecule has 2 aliphatic heterocycles. The molecule has 138 valence electrons. The highest BCUT2D eigenvalue weighted by Crippen LogP contribution is 2.32. The van der Waals surface area contributed by atoms with Crippen LogP contribution in [0.3, 0.4) is 0 Å². The number of hydrogen-bond donors (Lipinski definition) is 1. The molecule has 2 saturated heterocycles. The lowest BCUT2D eigenvalue weighted by Crippen LogP contribution is -2.49. The number of carbonyl (C=O) groups is 1. The lowest BCUT2D eigenvalue weighted by atomic mass is 9.83. The summed E-state index contributed by atoms with van der Waals surface area (Å²) < 4.78 is 11.5. The molecule has 4 heterocycles. The van der Waals surface area contributed by atoms with Crippen LogP contribution in [0.4, 0.5) is 5.69 Å². The molecule has 0 aliphatic carbocycles. The molecule has 2 fully saturated rings. The lowest BCUT2D eigenvalue weighted by molar-refractivity contribution is -0.134. The highest BCUT2D eigenvalue weighted by atomic mass is 16.5. The number of likely N-dealkylation sites (tertiary alicyclic amines) is 1. The number of furan rings is 1. The van der Waals surface area contributed by atoms with Gasteiger partial charge in [-0.25, -0.2) is 0 Å². The summed E-state index contributed by atoms with van der Waals surface area (Å²) in [6.45, 7) is 5.18. The quantitative estimate of drug-likeness (QED) is 0.913. The van der Waals surface area contributed by atoms with Crippen LogP contribution < -0.4 is 5.32 Å². The Balaban J connectivity index is 1.36. The van der Waals surface area contributed by atoms with Crippen LogP contribution in [0.25, 0.3) is 0 Å². The van der Waals surface area contributed by atoms with Gasteiger partial charge >= 0.3 is 0 Å². The molecule has 0 unspecified atom stereocenters. The number of fused-ring (bicyclic) bond motifs is 1. The van der Waals surface area contributed by atoms with Gasteiger partial charge in [-0.1, -0.05) is 0 Å². The average Bonchev–Trinajstić information content (AvgIpc) is 3.16. The van der Waals surface area contributed by atoms with Gasteiger partial charge in [-0.15, -0.1) is 0 Å². The standard InChI is InChI=1S/C20H25N3O3/c1-14-18(5-2-7-21-14)22-20(24)16-10-15-11-23(8-6-19(15)26-13-16)12-17-4-3-9-25-17/h2-5,7,9,15-16,19H,6,8,10-13H2,1H3,(H,22,24)/t15-,16-,19+/m1/s1. The second-order valence-corrected chi connectivity index (χ2v) is 7.29. The molecule has 1 N–H and O–H groups in total. The van der Waals surface area contributed by atoms with E-state index >= 15 is 0 Å². The van der Waals surface area contributed by atoms with Crippen molar-refractivity contribution < 1.29 is 13.9 Å². The maximum atomic E-state index is 12.7. The molecular weight excluding hydrogens is 330 g/mol. The Morgan fingerprint density at radius 3 is 3.12 bits per heavy atom. The van der Waals surface area contributed by atoms with Crippen molar-refractivity contribution in [2.45, 2.75) is 32.4 Å². The van der Waals surface area contributed by atoms with Crippen LogP contribution in [-0.4, -0.2) is 41.6 Å². The SMILES string of the molecule is Cc1ncccc1NC(=O)[C@H]1CO[C@H]2CCN(Cc3ccco3)C[C@H]2C1. The number of pyridine rings is 1. The molecule has 3 atom stereocenters. The number of nitrogens with zero attached hydrogens (tertiary/aromatic N) is 2. The van der Waals surface area contributed by atoms with Crippen LogP contribution in [0.15, 0.2) is 41.1 Å². The maximum Gasteiger partial charge on any atom is 0.229 e. The monoisotopic (exact) mass is 355 g/mol. The second kappa shape index (κ2) is 7.60. The van der Waals surface area contributed by atoms with Gasteiger partial charge < -0.3 is 14.5 Å². The number of carbonyl (C=O) groups excluding carboxylic acids is 1. The van der Waals surface area contributed by atoms with Crippen molar-refractivity contribution in [2.24, 2.45) is 11.8 Å². The number of ether oxygens (including phenoxy) is 1. The molecule has 2 aromatic heterocycles. The Hall–Kier alpha value is -2.18. The van der Waals surface area contributed by atoms with Crippen molar-refractivity contribution in [1.29, 1.82) is 0 Å². The molecule has 2 aliphatic rings. The molecule has 26 heavy (non-hydrogen) atoms. The molecule has 0 aromatic carbocycles. The van der Waals surface area contributed by atoms with Gasteiger partial charge in [0.2, 0.25) is 5.91 Å². The van der Waals surface area contributed by atoms with E-state index in [-0.39, 0.29) is 17.9 Å². The third-order valence-corrected chi connectivity index (χ3v) is 5.44. The molecule has 0 bridgehead atoms. The molecule has 0 spiro atoms. The zero-order chi connectivity index (χ0) is 17.9. The van der Waals surface area contributed by atoms with Crippen LogP contribution in [0.5, 0.6) is 0 Å². The molecule has 1 amide bonds. The summed E-state index contributed by atoms with van der Waals surface area (Å²) in [6, 6.07) is 7.66. The third-order valence-electron chi connectivity index (χ3n) is 5.44. The second-order valence-electron chi connectivity index (χ2n) is 7.29. The first-order chi connectivity index (χ1) is 12.7. The van der Waals surface area contributed by atoms with E-state index in [2.05, 4.69) is 15.2 Å². The molecule has 4 rings (SSSR count). The van der Waals surface area contributed by atoms with Gasteiger partial charge in [0.25, 0.3) is 0 Å². The van der Waals surface area contributed by atoms with Crippen LogP contribution >= 0.6 is 0 Å². The fraction of sp³-hybridized carbons (Fsp3) is 0.500.